The van der Waals surface area contributed by atoms with E-state index in [1.54, 1.807) is 6.08 Å². The van der Waals surface area contributed by atoms with Crippen LogP contribution >= 0.6 is 11.8 Å². The van der Waals surface area contributed by atoms with Crippen LogP contribution < -0.4 is 11.2 Å². The van der Waals surface area contributed by atoms with E-state index in [0.29, 0.717) is 28.8 Å². The molecule has 3 N–H and O–H groups in total. The van der Waals surface area contributed by atoms with Gasteiger partial charge in [-0.25, -0.2) is 0 Å². The van der Waals surface area contributed by atoms with Gasteiger partial charge in [-0.05, 0) is 29.4 Å². The molecule has 0 fully saturated rings. The number of hydrogen-bond acceptors (Lipinski definition) is 7. The second-order valence-electron chi connectivity index (χ2n) is 5.96. The Bertz CT molecular complexity index is 962. The number of aromatic nitrogens is 3. The number of oxime groups is 1. The summed E-state index contributed by atoms with van der Waals surface area (Å²) >= 11 is 1.33. The fourth-order valence-corrected chi connectivity index (χ4v) is 3.28. The minimum atomic E-state index is -0.0637. The van der Waals surface area contributed by atoms with Crippen LogP contribution in [0, 0.1) is 0 Å². The van der Waals surface area contributed by atoms with Crippen LogP contribution in [0.1, 0.15) is 11.4 Å². The molecule has 0 atom stereocenters. The molecule has 144 valence electrons. The zero-order chi connectivity index (χ0) is 19.9. The van der Waals surface area contributed by atoms with Crippen LogP contribution in [0.2, 0.25) is 0 Å². The largest absolute Gasteiger partial charge is 0.351 e. The van der Waals surface area contributed by atoms with Crippen LogP contribution in [0.15, 0.2) is 71.0 Å². The third-order valence-corrected chi connectivity index (χ3v) is 5.01. The second kappa shape index (κ2) is 9.16. The van der Waals surface area contributed by atoms with Gasteiger partial charge in [0.1, 0.15) is 5.71 Å². The Labute approximate surface area is 166 Å². The lowest BCUT2D eigenvalue weighted by Crippen LogP contribution is -2.24. The van der Waals surface area contributed by atoms with Crippen molar-refractivity contribution in [2.45, 2.75) is 11.7 Å². The first-order valence-electron chi connectivity index (χ1n) is 8.44. The van der Waals surface area contributed by atoms with Crippen molar-refractivity contribution >= 4 is 29.0 Å². The molecule has 1 aromatic carbocycles. The standard InChI is InChI=1S/C19H20N6O2S/c1-13-10-15(8-9-16(13)24-27-20)18-22-23-19(25(18)2)28-12-17(26)21-11-14-6-4-3-5-7-14/h3-10H,1,11-12,20H2,2H3,(H,21,26)/b24-16-. The molecule has 3 rings (SSSR count). The highest BCUT2D eigenvalue weighted by Gasteiger charge is 2.16. The average molecular weight is 396 g/mol. The number of nitrogens with one attached hydrogen (secondary N) is 1. The number of benzene rings is 1. The van der Waals surface area contributed by atoms with E-state index in [1.807, 2.05) is 54.1 Å². The van der Waals surface area contributed by atoms with Gasteiger partial charge in [-0.15, -0.1) is 16.1 Å². The number of hydrogen-bond donors (Lipinski definition) is 2. The minimum Gasteiger partial charge on any atom is -0.351 e. The molecule has 0 aliphatic heterocycles. The average Bonchev–Trinajstić information content (AvgIpc) is 3.07. The molecule has 1 heterocycles. The summed E-state index contributed by atoms with van der Waals surface area (Å²) in [5, 5.41) is 15.6. The number of nitrogens with two attached hydrogens (primary N) is 1. The number of carbonyl (C=O) groups is 1. The van der Waals surface area contributed by atoms with Crippen molar-refractivity contribution in [3.63, 3.8) is 0 Å². The number of allylic oxidation sites excluding steroid dienone is 5. The first-order chi connectivity index (χ1) is 13.6. The van der Waals surface area contributed by atoms with Crippen LogP contribution in [-0.2, 0) is 23.3 Å². The molecule has 28 heavy (non-hydrogen) atoms. The van der Waals surface area contributed by atoms with Gasteiger partial charge in [-0.3, -0.25) is 4.79 Å². The van der Waals surface area contributed by atoms with E-state index in [0.717, 1.165) is 11.1 Å². The first-order valence-corrected chi connectivity index (χ1v) is 9.43. The summed E-state index contributed by atoms with van der Waals surface area (Å²) in [6.45, 7) is 4.42. The Balaban J connectivity index is 1.59. The molecule has 1 aromatic heterocycles. The lowest BCUT2D eigenvalue weighted by Gasteiger charge is -2.10. The Morgan fingerprint density at radius 1 is 1.32 bits per heavy atom. The molecule has 1 aliphatic carbocycles. The summed E-state index contributed by atoms with van der Waals surface area (Å²) in [6, 6.07) is 9.77. The highest BCUT2D eigenvalue weighted by Crippen LogP contribution is 2.24. The molecule has 0 bridgehead atoms. The Morgan fingerprint density at radius 3 is 2.82 bits per heavy atom. The molecule has 0 unspecified atom stereocenters. The van der Waals surface area contributed by atoms with Gasteiger partial charge < -0.3 is 14.8 Å². The maximum atomic E-state index is 12.1. The fourth-order valence-electron chi connectivity index (χ4n) is 2.54. The van der Waals surface area contributed by atoms with Crippen molar-refractivity contribution in [2.24, 2.45) is 18.1 Å². The number of carbonyl (C=O) groups excluding carboxylic acids is 1. The topological polar surface area (TPSA) is 107 Å². The Hall–Kier alpha value is -3.17. The zero-order valence-corrected chi connectivity index (χ0v) is 16.1. The fraction of sp³-hybridized carbons (Fsp3) is 0.158. The summed E-state index contributed by atoms with van der Waals surface area (Å²) in [5.41, 5.74) is 3.08. The highest BCUT2D eigenvalue weighted by molar-refractivity contribution is 7.99. The predicted molar refractivity (Wildman–Crippen MR) is 109 cm³/mol. The van der Waals surface area contributed by atoms with E-state index in [-0.39, 0.29) is 11.7 Å². The molecule has 1 aliphatic rings. The van der Waals surface area contributed by atoms with Gasteiger partial charge in [0, 0.05) is 19.2 Å². The normalized spacial score (nSPS) is 14.9. The first kappa shape index (κ1) is 19.6. The predicted octanol–water partition coefficient (Wildman–Crippen LogP) is 1.98. The van der Waals surface area contributed by atoms with Gasteiger partial charge in [0.15, 0.2) is 11.0 Å². The van der Waals surface area contributed by atoms with Gasteiger partial charge in [-0.2, -0.15) is 0 Å². The van der Waals surface area contributed by atoms with Gasteiger partial charge in [0.25, 0.3) is 0 Å². The van der Waals surface area contributed by atoms with Crippen LogP contribution in [0.5, 0.6) is 0 Å². The third kappa shape index (κ3) is 4.76. The molecule has 2 aromatic rings. The SMILES string of the molecule is C=C1C=C(c2nnc(SCC(=O)NCc3ccccc3)n2C)C=C/C1=N/ON. The zero-order valence-electron chi connectivity index (χ0n) is 15.3. The van der Waals surface area contributed by atoms with Crippen LogP contribution in [0.25, 0.3) is 5.57 Å². The van der Waals surface area contributed by atoms with E-state index in [1.165, 1.54) is 11.8 Å². The van der Waals surface area contributed by atoms with Gasteiger partial charge in [0.05, 0.1) is 5.75 Å². The number of nitrogens with zero attached hydrogens (tertiary/aromatic N) is 4. The van der Waals surface area contributed by atoms with Crippen molar-refractivity contribution in [3.8, 4) is 0 Å². The van der Waals surface area contributed by atoms with E-state index < -0.39 is 0 Å². The van der Waals surface area contributed by atoms with Crippen LogP contribution in [0.3, 0.4) is 0 Å². The minimum absolute atomic E-state index is 0.0637. The number of amides is 1. The summed E-state index contributed by atoms with van der Waals surface area (Å²) in [4.78, 5) is 16.4. The molecule has 0 radical (unpaired) electrons. The Morgan fingerprint density at radius 2 is 2.11 bits per heavy atom. The van der Waals surface area contributed by atoms with Crippen LogP contribution in [0.4, 0.5) is 0 Å². The van der Waals surface area contributed by atoms with Gasteiger partial charge >= 0.3 is 0 Å². The molecule has 0 saturated heterocycles. The van der Waals surface area contributed by atoms with Crippen molar-refractivity contribution < 1.29 is 9.73 Å². The van der Waals surface area contributed by atoms with Crippen molar-refractivity contribution in [1.82, 2.24) is 20.1 Å². The smallest absolute Gasteiger partial charge is 0.230 e. The molecule has 9 heteroatoms. The molecule has 0 spiro atoms. The van der Waals surface area contributed by atoms with E-state index in [4.69, 9.17) is 5.90 Å². The van der Waals surface area contributed by atoms with E-state index in [2.05, 4.69) is 32.2 Å². The maximum absolute atomic E-state index is 12.1. The van der Waals surface area contributed by atoms with Gasteiger partial charge in [-0.1, -0.05) is 53.8 Å². The number of rotatable bonds is 7. The lowest BCUT2D eigenvalue weighted by atomic mass is 10.0. The molecule has 8 nitrogen and oxygen atoms in total. The number of thioether (sulfide) groups is 1. The highest BCUT2D eigenvalue weighted by atomic mass is 32.2. The summed E-state index contributed by atoms with van der Waals surface area (Å²) in [7, 11) is 1.85. The third-order valence-electron chi connectivity index (χ3n) is 3.99. The Kier molecular flexibility index (Phi) is 6.41. The molecule has 0 saturated carbocycles. The molecule has 1 amide bonds. The maximum Gasteiger partial charge on any atom is 0.230 e. The monoisotopic (exact) mass is 396 g/mol. The van der Waals surface area contributed by atoms with Gasteiger partial charge in [0.2, 0.25) is 5.91 Å². The summed E-state index contributed by atoms with van der Waals surface area (Å²) in [6.07, 6.45) is 5.39. The quantitative estimate of drug-likeness (QED) is 0.547. The molecular weight excluding hydrogens is 376 g/mol. The summed E-state index contributed by atoms with van der Waals surface area (Å²) in [5.74, 6) is 5.82. The van der Waals surface area contributed by atoms with Crippen molar-refractivity contribution in [1.29, 1.82) is 0 Å². The molecular formula is C19H20N6O2S. The van der Waals surface area contributed by atoms with Crippen molar-refractivity contribution in [2.75, 3.05) is 5.75 Å². The van der Waals surface area contributed by atoms with E-state index in [9.17, 15) is 4.79 Å². The lowest BCUT2D eigenvalue weighted by molar-refractivity contribution is -0.118. The summed E-state index contributed by atoms with van der Waals surface area (Å²) < 4.78 is 1.83. The van der Waals surface area contributed by atoms with Crippen molar-refractivity contribution in [3.05, 3.63) is 72.1 Å². The van der Waals surface area contributed by atoms with E-state index >= 15 is 0 Å². The van der Waals surface area contributed by atoms with Crippen LogP contribution in [-0.4, -0.2) is 32.1 Å². The second-order valence-corrected chi connectivity index (χ2v) is 6.90.